The van der Waals surface area contributed by atoms with E-state index in [4.69, 9.17) is 18.9 Å². The Bertz CT molecular complexity index is 969. The molecule has 2 rings (SSSR count). The van der Waals surface area contributed by atoms with Crippen LogP contribution >= 0.6 is 0 Å². The van der Waals surface area contributed by atoms with Gasteiger partial charge in [0.25, 0.3) is 0 Å². The minimum absolute atomic E-state index is 0.141. The van der Waals surface area contributed by atoms with Crippen molar-refractivity contribution >= 4 is 17.9 Å². The summed E-state index contributed by atoms with van der Waals surface area (Å²) in [7, 11) is 4.65. The van der Waals surface area contributed by atoms with Gasteiger partial charge in [-0.25, -0.2) is 4.79 Å². The number of methoxy groups -OCH3 is 2. The van der Waals surface area contributed by atoms with Crippen LogP contribution in [0.5, 0.6) is 5.75 Å². The summed E-state index contributed by atoms with van der Waals surface area (Å²) in [5.74, 6) is 0.485. The number of piperidine rings is 1. The standard InChI is InChI=1S/C30H47N3O7/c1-9-18-39-20-23-14-16-33(17-15-23)27(34)25(19-22-10-12-24(38-8)13-11-22)32(6)28(35)26(21(2)37-7)31-29(36)40-30(3,4)5/h9-13,21,23,25-26H,1,14-20H2,2-8H3,(H,31,36)/t21-,25+,26+/m1/s1. The Labute approximate surface area is 239 Å². The minimum atomic E-state index is -1.05. The number of ether oxygens (including phenoxy) is 4. The summed E-state index contributed by atoms with van der Waals surface area (Å²) in [6, 6.07) is 5.58. The van der Waals surface area contributed by atoms with Crippen molar-refractivity contribution in [3.63, 3.8) is 0 Å². The second kappa shape index (κ2) is 15.6. The fraction of sp³-hybridized carbons (Fsp3) is 0.633. The molecule has 3 amide bonds. The Morgan fingerprint density at radius 2 is 1.77 bits per heavy atom. The third-order valence-corrected chi connectivity index (χ3v) is 6.98. The molecule has 0 aromatic heterocycles. The average Bonchev–Trinajstić information content (AvgIpc) is 2.93. The molecule has 0 radical (unpaired) electrons. The minimum Gasteiger partial charge on any atom is -0.497 e. The lowest BCUT2D eigenvalue weighted by atomic mass is 9.96. The van der Waals surface area contributed by atoms with Gasteiger partial charge in [0.15, 0.2) is 0 Å². The lowest BCUT2D eigenvalue weighted by molar-refractivity contribution is -0.148. The number of hydrogen-bond donors (Lipinski definition) is 1. The van der Waals surface area contributed by atoms with E-state index in [0.29, 0.717) is 44.4 Å². The van der Waals surface area contributed by atoms with Crippen LogP contribution in [-0.4, -0.2) is 99.1 Å². The number of carbonyl (C=O) groups excluding carboxylic acids is 3. The molecule has 0 saturated carbocycles. The molecule has 1 heterocycles. The number of amides is 3. The van der Waals surface area contributed by atoms with Gasteiger partial charge in [-0.05, 0) is 64.2 Å². The largest absolute Gasteiger partial charge is 0.497 e. The molecule has 1 saturated heterocycles. The molecule has 10 nitrogen and oxygen atoms in total. The number of hydrogen-bond acceptors (Lipinski definition) is 7. The molecule has 1 aromatic carbocycles. The molecule has 224 valence electrons. The van der Waals surface area contributed by atoms with Crippen LogP contribution in [0.15, 0.2) is 36.9 Å². The van der Waals surface area contributed by atoms with Crippen LogP contribution in [0.4, 0.5) is 4.79 Å². The zero-order chi connectivity index (χ0) is 29.9. The summed E-state index contributed by atoms with van der Waals surface area (Å²) in [5.41, 5.74) is 0.137. The molecule has 1 aliphatic rings. The van der Waals surface area contributed by atoms with Gasteiger partial charge in [0, 0.05) is 40.3 Å². The summed E-state index contributed by atoms with van der Waals surface area (Å²) >= 11 is 0. The summed E-state index contributed by atoms with van der Waals surface area (Å²) < 4.78 is 21.7. The highest BCUT2D eigenvalue weighted by Gasteiger charge is 2.38. The van der Waals surface area contributed by atoms with Gasteiger partial charge in [-0.3, -0.25) is 9.59 Å². The van der Waals surface area contributed by atoms with Gasteiger partial charge in [-0.2, -0.15) is 0 Å². The predicted molar refractivity (Wildman–Crippen MR) is 153 cm³/mol. The van der Waals surface area contributed by atoms with Crippen molar-refractivity contribution in [3.8, 4) is 5.75 Å². The zero-order valence-corrected chi connectivity index (χ0v) is 25.1. The second-order valence-corrected chi connectivity index (χ2v) is 11.2. The Morgan fingerprint density at radius 1 is 1.15 bits per heavy atom. The number of likely N-dealkylation sites (N-methyl/N-ethyl adjacent to an activating group) is 1. The highest BCUT2D eigenvalue weighted by atomic mass is 16.6. The maximum absolute atomic E-state index is 13.9. The van der Waals surface area contributed by atoms with Gasteiger partial charge >= 0.3 is 6.09 Å². The van der Waals surface area contributed by atoms with Gasteiger partial charge in [0.1, 0.15) is 23.4 Å². The molecular formula is C30H47N3O7. The third kappa shape index (κ3) is 10.1. The van der Waals surface area contributed by atoms with Crippen molar-refractivity contribution in [3.05, 3.63) is 42.5 Å². The zero-order valence-electron chi connectivity index (χ0n) is 25.1. The summed E-state index contributed by atoms with van der Waals surface area (Å²) in [5, 5.41) is 2.65. The van der Waals surface area contributed by atoms with Gasteiger partial charge < -0.3 is 34.1 Å². The Balaban J connectivity index is 2.26. The van der Waals surface area contributed by atoms with Gasteiger partial charge in [-0.1, -0.05) is 18.2 Å². The van der Waals surface area contributed by atoms with E-state index in [9.17, 15) is 14.4 Å². The third-order valence-electron chi connectivity index (χ3n) is 6.98. The van der Waals surface area contributed by atoms with E-state index in [1.807, 2.05) is 29.2 Å². The van der Waals surface area contributed by atoms with Gasteiger partial charge in [0.2, 0.25) is 11.8 Å². The monoisotopic (exact) mass is 561 g/mol. The number of carbonyl (C=O) groups is 3. The second-order valence-electron chi connectivity index (χ2n) is 11.2. The van der Waals surface area contributed by atoms with E-state index in [0.717, 1.165) is 18.4 Å². The van der Waals surface area contributed by atoms with E-state index >= 15 is 0 Å². The molecule has 1 N–H and O–H groups in total. The molecule has 0 spiro atoms. The van der Waals surface area contributed by atoms with Crippen LogP contribution in [0.3, 0.4) is 0 Å². The summed E-state index contributed by atoms with van der Waals surface area (Å²) in [4.78, 5) is 43.6. The lowest BCUT2D eigenvalue weighted by Gasteiger charge is -2.38. The molecule has 0 aliphatic carbocycles. The predicted octanol–water partition coefficient (Wildman–Crippen LogP) is 3.43. The molecule has 1 fully saturated rings. The Hall–Kier alpha value is -3.11. The normalized spacial score (nSPS) is 16.4. The molecule has 1 aromatic rings. The highest BCUT2D eigenvalue weighted by Crippen LogP contribution is 2.22. The molecule has 3 atom stereocenters. The number of alkyl carbamates (subject to hydrolysis) is 1. The Morgan fingerprint density at radius 3 is 2.30 bits per heavy atom. The van der Waals surface area contributed by atoms with Crippen LogP contribution in [0.2, 0.25) is 0 Å². The number of nitrogens with one attached hydrogen (secondary N) is 1. The molecule has 0 unspecified atom stereocenters. The number of likely N-dealkylation sites (tertiary alicyclic amines) is 1. The van der Waals surface area contributed by atoms with E-state index in [1.54, 1.807) is 47.9 Å². The number of nitrogens with zero attached hydrogens (tertiary/aromatic N) is 2. The van der Waals surface area contributed by atoms with Crippen LogP contribution in [0.1, 0.15) is 46.1 Å². The number of benzene rings is 1. The average molecular weight is 562 g/mol. The first-order valence-corrected chi connectivity index (χ1v) is 13.8. The van der Waals surface area contributed by atoms with Crippen molar-refractivity contribution in [2.24, 2.45) is 5.92 Å². The first kappa shape index (κ1) is 33.1. The van der Waals surface area contributed by atoms with E-state index in [1.165, 1.54) is 12.0 Å². The molecule has 1 aliphatic heterocycles. The lowest BCUT2D eigenvalue weighted by Crippen LogP contribution is -2.59. The van der Waals surface area contributed by atoms with Crippen LogP contribution in [0, 0.1) is 5.92 Å². The van der Waals surface area contributed by atoms with E-state index < -0.39 is 35.8 Å². The van der Waals surface area contributed by atoms with E-state index in [2.05, 4.69) is 11.9 Å². The molecule has 40 heavy (non-hydrogen) atoms. The first-order valence-electron chi connectivity index (χ1n) is 13.8. The maximum Gasteiger partial charge on any atom is 0.408 e. The van der Waals surface area contributed by atoms with E-state index in [-0.39, 0.29) is 5.91 Å². The van der Waals surface area contributed by atoms with Crippen LogP contribution in [-0.2, 0) is 30.2 Å². The molecule has 10 heteroatoms. The highest BCUT2D eigenvalue weighted by molar-refractivity contribution is 5.92. The van der Waals surface area contributed by atoms with Gasteiger partial charge in [-0.15, -0.1) is 6.58 Å². The number of rotatable bonds is 13. The van der Waals surface area contributed by atoms with Crippen molar-refractivity contribution in [1.82, 2.24) is 15.1 Å². The van der Waals surface area contributed by atoms with Crippen molar-refractivity contribution in [1.29, 1.82) is 0 Å². The van der Waals surface area contributed by atoms with Gasteiger partial charge in [0.05, 0.1) is 19.8 Å². The summed E-state index contributed by atoms with van der Waals surface area (Å²) in [6.07, 6.45) is 2.27. The van der Waals surface area contributed by atoms with Crippen molar-refractivity contribution in [2.45, 2.75) is 70.7 Å². The maximum atomic E-state index is 13.9. The van der Waals surface area contributed by atoms with Crippen LogP contribution < -0.4 is 10.1 Å². The molecule has 0 bridgehead atoms. The van der Waals surface area contributed by atoms with Crippen LogP contribution in [0.25, 0.3) is 0 Å². The molecular weight excluding hydrogens is 514 g/mol. The topological polar surface area (TPSA) is 107 Å². The first-order chi connectivity index (χ1) is 18.9. The SMILES string of the molecule is C=CCOCC1CCN(C(=O)[C@H](Cc2ccc(OC)cc2)N(C)C(=O)[C@@H](NC(=O)OC(C)(C)C)[C@@H](C)OC)CC1. The van der Waals surface area contributed by atoms with Crippen molar-refractivity contribution < 1.29 is 33.3 Å². The van der Waals surface area contributed by atoms with Crippen molar-refractivity contribution in [2.75, 3.05) is 47.6 Å². The summed E-state index contributed by atoms with van der Waals surface area (Å²) in [6.45, 7) is 12.9. The quantitative estimate of drug-likeness (QED) is 0.291. The smallest absolute Gasteiger partial charge is 0.408 e. The fourth-order valence-corrected chi connectivity index (χ4v) is 4.55. The fourth-order valence-electron chi connectivity index (χ4n) is 4.55. The Kier molecular flexibility index (Phi) is 12.9.